The van der Waals surface area contributed by atoms with Gasteiger partial charge in [0.1, 0.15) is 24.2 Å². The maximum Gasteiger partial charge on any atom is 0.296 e. The zero-order valence-electron chi connectivity index (χ0n) is 17.4. The quantitative estimate of drug-likeness (QED) is 0.374. The number of thiophene rings is 1. The van der Waals surface area contributed by atoms with Crippen LogP contribution in [-0.4, -0.2) is 46.9 Å². The Labute approximate surface area is 189 Å². The molecule has 3 aromatic rings. The van der Waals surface area contributed by atoms with Crippen LogP contribution in [0, 0.1) is 0 Å². The van der Waals surface area contributed by atoms with E-state index in [9.17, 15) is 14.7 Å². The number of hydrogen-bond donors (Lipinski definition) is 1. The van der Waals surface area contributed by atoms with Crippen LogP contribution in [0.4, 0.5) is 5.69 Å². The van der Waals surface area contributed by atoms with Crippen molar-refractivity contribution in [3.8, 4) is 5.75 Å². The summed E-state index contributed by atoms with van der Waals surface area (Å²) in [5.41, 5.74) is 1.85. The van der Waals surface area contributed by atoms with Crippen LogP contribution in [0.3, 0.4) is 0 Å². The summed E-state index contributed by atoms with van der Waals surface area (Å²) in [7, 11) is 1.94. The summed E-state index contributed by atoms with van der Waals surface area (Å²) in [6.45, 7) is 1.57. The fourth-order valence-electron chi connectivity index (χ4n) is 4.11. The van der Waals surface area contributed by atoms with Gasteiger partial charge in [0.05, 0.1) is 30.0 Å². The van der Waals surface area contributed by atoms with Crippen LogP contribution in [0.15, 0.2) is 65.7 Å². The predicted molar refractivity (Wildman–Crippen MR) is 122 cm³/mol. The van der Waals surface area contributed by atoms with Gasteiger partial charge in [0, 0.05) is 23.7 Å². The lowest BCUT2D eigenvalue weighted by molar-refractivity contribution is -0.140. The standard InChI is InChI=1S/C24H21N3O4S/c1-26-10-11-31-19-8-7-15(13-18(19)26)22(28)20-21(17-6-2-3-9-25-17)27(24(30)23(20)29)14-16-5-4-12-32-16/h2-9,12-13,21,28H,10-11,14H2,1H3/b22-20-. The zero-order valence-corrected chi connectivity index (χ0v) is 18.2. The molecule has 1 N–H and O–H groups in total. The smallest absolute Gasteiger partial charge is 0.296 e. The lowest BCUT2D eigenvalue weighted by Crippen LogP contribution is -2.29. The number of aromatic nitrogens is 1. The Bertz CT molecular complexity index is 1210. The number of benzene rings is 1. The van der Waals surface area contributed by atoms with Crippen molar-refractivity contribution < 1.29 is 19.4 Å². The van der Waals surface area contributed by atoms with Gasteiger partial charge in [0.25, 0.3) is 11.7 Å². The lowest BCUT2D eigenvalue weighted by Gasteiger charge is -2.28. The molecule has 0 radical (unpaired) electrons. The number of carbonyl (C=O) groups excluding carboxylic acids is 2. The number of rotatable bonds is 4. The summed E-state index contributed by atoms with van der Waals surface area (Å²) in [6.07, 6.45) is 1.62. The minimum Gasteiger partial charge on any atom is -0.507 e. The van der Waals surface area contributed by atoms with E-state index in [-0.39, 0.29) is 17.9 Å². The molecule has 1 saturated heterocycles. The topological polar surface area (TPSA) is 83.0 Å². The summed E-state index contributed by atoms with van der Waals surface area (Å²) >= 11 is 1.51. The largest absolute Gasteiger partial charge is 0.507 e. The number of likely N-dealkylation sites (tertiary alicyclic amines) is 1. The molecule has 7 nitrogen and oxygen atoms in total. The van der Waals surface area contributed by atoms with Gasteiger partial charge < -0.3 is 19.6 Å². The molecule has 162 valence electrons. The molecule has 2 aliphatic heterocycles. The van der Waals surface area contributed by atoms with Crippen LogP contribution in [0.2, 0.25) is 0 Å². The van der Waals surface area contributed by atoms with Crippen molar-refractivity contribution in [2.24, 2.45) is 0 Å². The highest BCUT2D eigenvalue weighted by atomic mass is 32.1. The third-order valence-corrected chi connectivity index (χ3v) is 6.60. The Morgan fingerprint density at radius 1 is 1.22 bits per heavy atom. The Hall–Kier alpha value is -3.65. The van der Waals surface area contributed by atoms with E-state index in [1.165, 1.54) is 16.2 Å². The van der Waals surface area contributed by atoms with Gasteiger partial charge in [-0.05, 0) is 41.8 Å². The average molecular weight is 448 g/mol. The number of amides is 1. The van der Waals surface area contributed by atoms with E-state index in [2.05, 4.69) is 4.98 Å². The van der Waals surface area contributed by atoms with Gasteiger partial charge >= 0.3 is 0 Å². The van der Waals surface area contributed by atoms with Gasteiger partial charge in [-0.25, -0.2) is 0 Å². The van der Waals surface area contributed by atoms with Crippen LogP contribution >= 0.6 is 11.3 Å². The minimum atomic E-state index is -0.775. The van der Waals surface area contributed by atoms with Gasteiger partial charge in [0.2, 0.25) is 0 Å². The molecule has 0 saturated carbocycles. The fraction of sp³-hybridized carbons (Fsp3) is 0.208. The molecule has 8 heteroatoms. The second kappa shape index (κ2) is 8.12. The Morgan fingerprint density at radius 2 is 2.09 bits per heavy atom. The molecule has 0 spiro atoms. The van der Waals surface area contributed by atoms with Crippen LogP contribution in [0.25, 0.3) is 5.76 Å². The molecule has 2 aromatic heterocycles. The molecular formula is C24H21N3O4S. The first-order valence-corrected chi connectivity index (χ1v) is 11.1. The van der Waals surface area contributed by atoms with Gasteiger partial charge in [-0.15, -0.1) is 11.3 Å². The highest BCUT2D eigenvalue weighted by molar-refractivity contribution is 7.09. The molecule has 1 atom stereocenters. The van der Waals surface area contributed by atoms with Crippen LogP contribution in [0.5, 0.6) is 5.75 Å². The molecule has 1 amide bonds. The summed E-state index contributed by atoms with van der Waals surface area (Å²) in [5.74, 6) is -0.852. The third-order valence-electron chi connectivity index (χ3n) is 5.74. The summed E-state index contributed by atoms with van der Waals surface area (Å²) in [6, 6.07) is 13.6. The first-order valence-electron chi connectivity index (χ1n) is 10.2. The number of aliphatic hydroxyl groups is 1. The number of ketones is 1. The number of anilines is 1. The van der Waals surface area contributed by atoms with Crippen LogP contribution < -0.4 is 9.64 Å². The number of fused-ring (bicyclic) bond motifs is 1. The molecule has 1 unspecified atom stereocenters. The maximum absolute atomic E-state index is 13.1. The second-order valence-corrected chi connectivity index (χ2v) is 8.75. The fourth-order valence-corrected chi connectivity index (χ4v) is 4.81. The number of aliphatic hydroxyl groups excluding tert-OH is 1. The number of likely N-dealkylation sites (N-methyl/N-ethyl adjacent to an activating group) is 1. The normalized spacial score (nSPS) is 19.7. The molecule has 32 heavy (non-hydrogen) atoms. The second-order valence-electron chi connectivity index (χ2n) is 7.71. The highest BCUT2D eigenvalue weighted by Crippen LogP contribution is 2.41. The predicted octanol–water partition coefficient (Wildman–Crippen LogP) is 3.59. The third kappa shape index (κ3) is 3.42. The van der Waals surface area contributed by atoms with E-state index in [0.29, 0.717) is 17.9 Å². The minimum absolute atomic E-state index is 0.0459. The molecule has 2 aliphatic rings. The van der Waals surface area contributed by atoms with E-state index in [1.54, 1.807) is 42.6 Å². The monoisotopic (exact) mass is 447 g/mol. The van der Waals surface area contributed by atoms with Crippen molar-refractivity contribution in [1.82, 2.24) is 9.88 Å². The van der Waals surface area contributed by atoms with E-state index >= 15 is 0 Å². The first-order chi connectivity index (χ1) is 15.5. The molecule has 0 bridgehead atoms. The maximum atomic E-state index is 13.1. The molecule has 0 aliphatic carbocycles. The van der Waals surface area contributed by atoms with E-state index < -0.39 is 17.7 Å². The molecule has 1 fully saturated rings. The van der Waals surface area contributed by atoms with Crippen molar-refractivity contribution in [2.45, 2.75) is 12.6 Å². The average Bonchev–Trinajstić information content (AvgIpc) is 3.42. The van der Waals surface area contributed by atoms with Crippen molar-refractivity contribution in [3.05, 3.63) is 81.8 Å². The van der Waals surface area contributed by atoms with Crippen molar-refractivity contribution in [3.63, 3.8) is 0 Å². The number of pyridine rings is 1. The lowest BCUT2D eigenvalue weighted by atomic mass is 9.97. The van der Waals surface area contributed by atoms with E-state index in [4.69, 9.17) is 4.74 Å². The highest BCUT2D eigenvalue weighted by Gasteiger charge is 2.46. The van der Waals surface area contributed by atoms with E-state index in [0.717, 1.165) is 22.9 Å². The van der Waals surface area contributed by atoms with Crippen molar-refractivity contribution in [2.75, 3.05) is 25.1 Å². The van der Waals surface area contributed by atoms with E-state index in [1.807, 2.05) is 29.5 Å². The molecule has 1 aromatic carbocycles. The Balaban J connectivity index is 1.63. The summed E-state index contributed by atoms with van der Waals surface area (Å²) in [4.78, 5) is 35.0. The number of Topliss-reactive ketones (excluding diaryl/α,β-unsaturated/α-hetero) is 1. The Morgan fingerprint density at radius 3 is 2.84 bits per heavy atom. The number of ether oxygens (including phenoxy) is 1. The van der Waals surface area contributed by atoms with Crippen molar-refractivity contribution >= 4 is 34.5 Å². The number of nitrogens with zero attached hydrogens (tertiary/aromatic N) is 3. The summed E-state index contributed by atoms with van der Waals surface area (Å²) < 4.78 is 5.68. The zero-order chi connectivity index (χ0) is 22.2. The Kier molecular flexibility index (Phi) is 5.14. The van der Waals surface area contributed by atoms with Crippen molar-refractivity contribution in [1.29, 1.82) is 0 Å². The van der Waals surface area contributed by atoms with Gasteiger partial charge in [-0.2, -0.15) is 0 Å². The first kappa shape index (κ1) is 20.3. The molecule has 4 heterocycles. The molecular weight excluding hydrogens is 426 g/mol. The van der Waals surface area contributed by atoms with Crippen LogP contribution in [0.1, 0.15) is 22.2 Å². The van der Waals surface area contributed by atoms with Crippen LogP contribution in [-0.2, 0) is 16.1 Å². The molecule has 5 rings (SSSR count). The van der Waals surface area contributed by atoms with Gasteiger partial charge in [-0.1, -0.05) is 12.1 Å². The summed E-state index contributed by atoms with van der Waals surface area (Å²) in [5, 5.41) is 13.2. The number of carbonyl (C=O) groups is 2. The SMILES string of the molecule is CN1CCOc2ccc(/C(O)=C3/C(=O)C(=O)N(Cc4cccs4)C3c3ccccn3)cc21. The van der Waals surface area contributed by atoms with Gasteiger partial charge in [0.15, 0.2) is 0 Å². The number of hydrogen-bond acceptors (Lipinski definition) is 7. The van der Waals surface area contributed by atoms with Gasteiger partial charge in [-0.3, -0.25) is 14.6 Å².